The number of amides is 1. The van der Waals surface area contributed by atoms with Crippen LogP contribution in [0.4, 0.5) is 0 Å². The molecule has 0 aliphatic rings. The molecule has 4 nitrogen and oxygen atoms in total. The molecule has 0 aliphatic heterocycles. The van der Waals surface area contributed by atoms with E-state index in [1.807, 2.05) is 13.8 Å². The maximum atomic E-state index is 11.9. The van der Waals surface area contributed by atoms with Crippen molar-refractivity contribution < 1.29 is 9.53 Å². The number of likely N-dealkylation sites (N-methyl/N-ethyl adjacent to an activating group) is 1. The highest BCUT2D eigenvalue weighted by Gasteiger charge is 2.20. The van der Waals surface area contributed by atoms with Crippen LogP contribution in [0.15, 0.2) is 6.07 Å². The smallest absolute Gasteiger partial charge is 0.239 e. The summed E-state index contributed by atoms with van der Waals surface area (Å²) in [5.74, 6) is 0.777. The van der Waals surface area contributed by atoms with Crippen LogP contribution in [0.5, 0.6) is 5.75 Å². The third-order valence-electron chi connectivity index (χ3n) is 3.50. The molecule has 2 N–H and O–H groups in total. The van der Waals surface area contributed by atoms with Gasteiger partial charge in [0.1, 0.15) is 5.75 Å². The molecular formula is C15H24N2O2. The first-order valence-corrected chi connectivity index (χ1v) is 6.40. The van der Waals surface area contributed by atoms with Crippen molar-refractivity contribution in [2.24, 2.45) is 5.73 Å². The second kappa shape index (κ2) is 6.06. The van der Waals surface area contributed by atoms with Crippen molar-refractivity contribution in [2.75, 3.05) is 21.2 Å². The van der Waals surface area contributed by atoms with Crippen LogP contribution in [0, 0.1) is 20.8 Å². The van der Waals surface area contributed by atoms with E-state index in [2.05, 4.69) is 13.0 Å². The van der Waals surface area contributed by atoms with Gasteiger partial charge in [0.2, 0.25) is 5.91 Å². The second-order valence-corrected chi connectivity index (χ2v) is 5.19. The molecule has 106 valence electrons. The molecule has 1 aromatic rings. The van der Waals surface area contributed by atoms with Gasteiger partial charge in [0.15, 0.2) is 0 Å². The van der Waals surface area contributed by atoms with Gasteiger partial charge in [0.05, 0.1) is 13.2 Å². The molecule has 1 atom stereocenters. The van der Waals surface area contributed by atoms with Crippen molar-refractivity contribution in [3.05, 3.63) is 28.3 Å². The Morgan fingerprint density at radius 1 is 1.32 bits per heavy atom. The van der Waals surface area contributed by atoms with E-state index in [-0.39, 0.29) is 5.91 Å². The molecule has 1 rings (SSSR count). The third-order valence-corrected chi connectivity index (χ3v) is 3.50. The van der Waals surface area contributed by atoms with Crippen molar-refractivity contribution in [3.8, 4) is 5.75 Å². The summed E-state index contributed by atoms with van der Waals surface area (Å²) in [7, 11) is 5.09. The van der Waals surface area contributed by atoms with Gasteiger partial charge in [0.25, 0.3) is 0 Å². The summed E-state index contributed by atoms with van der Waals surface area (Å²) in [6.07, 6.45) is 0.493. The Kier molecular flexibility index (Phi) is 4.95. The first-order chi connectivity index (χ1) is 8.79. The lowest BCUT2D eigenvalue weighted by molar-refractivity contribution is -0.130. The maximum absolute atomic E-state index is 11.9. The number of benzene rings is 1. The molecule has 0 radical (unpaired) electrons. The van der Waals surface area contributed by atoms with Crippen LogP contribution in [0.2, 0.25) is 0 Å². The molecule has 4 heteroatoms. The second-order valence-electron chi connectivity index (χ2n) is 5.19. The van der Waals surface area contributed by atoms with Gasteiger partial charge in [0, 0.05) is 20.5 Å². The Hall–Kier alpha value is -1.55. The summed E-state index contributed by atoms with van der Waals surface area (Å²) in [4.78, 5) is 13.4. The zero-order valence-electron chi connectivity index (χ0n) is 12.7. The van der Waals surface area contributed by atoms with Gasteiger partial charge in [-0.05, 0) is 43.0 Å². The third kappa shape index (κ3) is 3.26. The Bertz CT molecular complexity index is 482. The zero-order chi connectivity index (χ0) is 14.7. The lowest BCUT2D eigenvalue weighted by Crippen LogP contribution is -2.41. The van der Waals surface area contributed by atoms with Crippen LogP contribution in [-0.2, 0) is 11.2 Å². The van der Waals surface area contributed by atoms with Crippen LogP contribution in [0.3, 0.4) is 0 Å². The summed E-state index contributed by atoms with van der Waals surface area (Å²) in [6.45, 7) is 6.10. The first-order valence-electron chi connectivity index (χ1n) is 6.40. The fourth-order valence-corrected chi connectivity index (χ4v) is 2.27. The summed E-state index contributed by atoms with van der Waals surface area (Å²) in [6, 6.07) is 1.57. The minimum Gasteiger partial charge on any atom is -0.496 e. The standard InChI is InChI=1S/C15H24N2O2/c1-9-7-10(2)12(14(19-6)11(9)3)8-13(16)15(18)17(4)5/h7,13H,8,16H2,1-6H3. The molecule has 1 amide bonds. The van der Waals surface area contributed by atoms with E-state index in [1.165, 1.54) is 10.5 Å². The van der Waals surface area contributed by atoms with E-state index in [1.54, 1.807) is 21.2 Å². The maximum Gasteiger partial charge on any atom is 0.239 e. The number of aryl methyl sites for hydroxylation is 2. The molecule has 0 aromatic heterocycles. The van der Waals surface area contributed by atoms with E-state index in [0.29, 0.717) is 6.42 Å². The molecule has 1 unspecified atom stereocenters. The Morgan fingerprint density at radius 3 is 2.37 bits per heavy atom. The largest absolute Gasteiger partial charge is 0.496 e. The fourth-order valence-electron chi connectivity index (χ4n) is 2.27. The highest BCUT2D eigenvalue weighted by Crippen LogP contribution is 2.30. The molecule has 0 bridgehead atoms. The fraction of sp³-hybridized carbons (Fsp3) is 0.533. The average molecular weight is 264 g/mol. The van der Waals surface area contributed by atoms with Crippen LogP contribution < -0.4 is 10.5 Å². The van der Waals surface area contributed by atoms with Crippen molar-refractivity contribution in [1.29, 1.82) is 0 Å². The minimum absolute atomic E-state index is 0.0697. The van der Waals surface area contributed by atoms with Crippen molar-refractivity contribution in [3.63, 3.8) is 0 Å². The molecular weight excluding hydrogens is 240 g/mol. The zero-order valence-corrected chi connectivity index (χ0v) is 12.7. The highest BCUT2D eigenvalue weighted by atomic mass is 16.5. The van der Waals surface area contributed by atoms with Gasteiger partial charge in [-0.15, -0.1) is 0 Å². The van der Waals surface area contributed by atoms with Crippen LogP contribution >= 0.6 is 0 Å². The van der Waals surface area contributed by atoms with Gasteiger partial charge in [-0.1, -0.05) is 6.07 Å². The van der Waals surface area contributed by atoms with Crippen molar-refractivity contribution in [1.82, 2.24) is 4.90 Å². The number of rotatable bonds is 4. The van der Waals surface area contributed by atoms with Crippen LogP contribution in [-0.4, -0.2) is 38.1 Å². The van der Waals surface area contributed by atoms with Crippen molar-refractivity contribution in [2.45, 2.75) is 33.2 Å². The summed E-state index contributed by atoms with van der Waals surface area (Å²) in [5, 5.41) is 0. The topological polar surface area (TPSA) is 55.6 Å². The van der Waals surface area contributed by atoms with E-state index in [9.17, 15) is 4.79 Å². The summed E-state index contributed by atoms with van der Waals surface area (Å²) < 4.78 is 5.50. The van der Waals surface area contributed by atoms with Crippen molar-refractivity contribution >= 4 is 5.91 Å². The molecule has 1 aromatic carbocycles. The number of carbonyl (C=O) groups is 1. The van der Waals surface area contributed by atoms with Crippen LogP contribution in [0.25, 0.3) is 0 Å². The quantitative estimate of drug-likeness (QED) is 0.898. The molecule has 0 spiro atoms. The van der Waals surface area contributed by atoms with E-state index >= 15 is 0 Å². The Balaban J connectivity index is 3.14. The first kappa shape index (κ1) is 15.5. The number of nitrogens with two attached hydrogens (primary N) is 1. The average Bonchev–Trinajstić information content (AvgIpc) is 2.35. The number of hydrogen-bond acceptors (Lipinski definition) is 3. The van der Waals surface area contributed by atoms with E-state index in [0.717, 1.165) is 22.4 Å². The van der Waals surface area contributed by atoms with Crippen LogP contribution in [0.1, 0.15) is 22.3 Å². The van der Waals surface area contributed by atoms with E-state index < -0.39 is 6.04 Å². The van der Waals surface area contributed by atoms with Gasteiger partial charge in [-0.3, -0.25) is 4.79 Å². The number of methoxy groups -OCH3 is 1. The molecule has 0 saturated carbocycles. The number of ether oxygens (including phenoxy) is 1. The molecule has 19 heavy (non-hydrogen) atoms. The lowest BCUT2D eigenvalue weighted by Gasteiger charge is -2.21. The molecule has 0 aliphatic carbocycles. The number of carbonyl (C=O) groups excluding carboxylic acids is 1. The highest BCUT2D eigenvalue weighted by molar-refractivity contribution is 5.81. The molecule has 0 heterocycles. The van der Waals surface area contributed by atoms with Gasteiger partial charge < -0.3 is 15.4 Å². The predicted octanol–water partition coefficient (Wildman–Crippen LogP) is 1.58. The normalized spacial score (nSPS) is 12.2. The monoisotopic (exact) mass is 264 g/mol. The SMILES string of the molecule is COc1c(C)c(C)cc(C)c1CC(N)C(=O)N(C)C. The Labute approximate surface area is 115 Å². The summed E-state index contributed by atoms with van der Waals surface area (Å²) >= 11 is 0. The number of hydrogen-bond donors (Lipinski definition) is 1. The van der Waals surface area contributed by atoms with Gasteiger partial charge >= 0.3 is 0 Å². The van der Waals surface area contributed by atoms with E-state index in [4.69, 9.17) is 10.5 Å². The van der Waals surface area contributed by atoms with Gasteiger partial charge in [-0.2, -0.15) is 0 Å². The molecule has 0 saturated heterocycles. The molecule has 0 fully saturated rings. The van der Waals surface area contributed by atoms with Gasteiger partial charge in [-0.25, -0.2) is 0 Å². The Morgan fingerprint density at radius 2 is 1.89 bits per heavy atom. The minimum atomic E-state index is -0.537. The predicted molar refractivity (Wildman–Crippen MR) is 77.6 cm³/mol. The number of nitrogens with zero attached hydrogens (tertiary/aromatic N) is 1. The lowest BCUT2D eigenvalue weighted by atomic mass is 9.94. The summed E-state index contributed by atoms with van der Waals surface area (Å²) in [5.41, 5.74) is 10.4.